The van der Waals surface area contributed by atoms with Crippen LogP contribution >= 0.6 is 11.8 Å². The van der Waals surface area contributed by atoms with E-state index in [0.29, 0.717) is 12.4 Å². The molecule has 2 fully saturated rings. The molecule has 0 saturated carbocycles. The van der Waals surface area contributed by atoms with Crippen LogP contribution in [0.25, 0.3) is 0 Å². The molecule has 0 aliphatic carbocycles. The van der Waals surface area contributed by atoms with Gasteiger partial charge in [-0.15, -0.1) is 11.8 Å². The Morgan fingerprint density at radius 3 is 2.54 bits per heavy atom. The molecular weight excluding hydrogens is 320 g/mol. The lowest BCUT2D eigenvalue weighted by atomic mass is 10.2. The summed E-state index contributed by atoms with van der Waals surface area (Å²) in [6, 6.07) is 8.21. The Balaban J connectivity index is 1.51. The SMILES string of the molecule is CCOc1ccc(C2SCC(=O)N2CCCCN2CCCC2)cc1. The Bertz CT molecular complexity index is 529. The molecule has 0 aromatic heterocycles. The summed E-state index contributed by atoms with van der Waals surface area (Å²) in [5.41, 5.74) is 1.20. The van der Waals surface area contributed by atoms with Crippen LogP contribution in [-0.2, 0) is 4.79 Å². The van der Waals surface area contributed by atoms with Crippen molar-refractivity contribution in [3.8, 4) is 5.75 Å². The van der Waals surface area contributed by atoms with Crippen molar-refractivity contribution in [1.82, 2.24) is 9.80 Å². The first-order valence-electron chi connectivity index (χ1n) is 9.14. The van der Waals surface area contributed by atoms with Crippen molar-refractivity contribution < 1.29 is 9.53 Å². The van der Waals surface area contributed by atoms with Crippen molar-refractivity contribution in [1.29, 1.82) is 0 Å². The first kappa shape index (κ1) is 17.6. The Morgan fingerprint density at radius 2 is 1.83 bits per heavy atom. The number of benzene rings is 1. The fourth-order valence-electron chi connectivity index (χ4n) is 3.49. The van der Waals surface area contributed by atoms with Crippen LogP contribution in [0.2, 0.25) is 0 Å². The molecule has 0 bridgehead atoms. The normalized spacial score (nSPS) is 21.6. The summed E-state index contributed by atoms with van der Waals surface area (Å²) in [5.74, 6) is 1.78. The molecule has 1 aromatic carbocycles. The Morgan fingerprint density at radius 1 is 1.12 bits per heavy atom. The van der Waals surface area contributed by atoms with Gasteiger partial charge in [-0.3, -0.25) is 4.79 Å². The van der Waals surface area contributed by atoms with E-state index in [-0.39, 0.29) is 11.3 Å². The van der Waals surface area contributed by atoms with Gasteiger partial charge in [-0.05, 0) is 69.9 Å². The maximum atomic E-state index is 12.2. The third kappa shape index (κ3) is 4.45. The molecule has 2 saturated heterocycles. The molecule has 132 valence electrons. The summed E-state index contributed by atoms with van der Waals surface area (Å²) < 4.78 is 5.51. The number of carbonyl (C=O) groups excluding carboxylic acids is 1. The first-order valence-corrected chi connectivity index (χ1v) is 10.2. The van der Waals surface area contributed by atoms with Gasteiger partial charge in [0.05, 0.1) is 12.4 Å². The molecule has 2 aliphatic heterocycles. The molecule has 5 heteroatoms. The number of rotatable bonds is 8. The fourth-order valence-corrected chi connectivity index (χ4v) is 4.71. The number of likely N-dealkylation sites (tertiary alicyclic amines) is 1. The van der Waals surface area contributed by atoms with Crippen LogP contribution in [0.1, 0.15) is 43.5 Å². The van der Waals surface area contributed by atoms with E-state index in [0.717, 1.165) is 18.7 Å². The van der Waals surface area contributed by atoms with Crippen molar-refractivity contribution in [3.05, 3.63) is 29.8 Å². The number of hydrogen-bond acceptors (Lipinski definition) is 4. The summed E-state index contributed by atoms with van der Waals surface area (Å²) in [4.78, 5) is 16.9. The number of thioether (sulfide) groups is 1. The molecule has 4 nitrogen and oxygen atoms in total. The predicted octanol–water partition coefficient (Wildman–Crippen LogP) is 3.54. The zero-order valence-corrected chi connectivity index (χ0v) is 15.4. The van der Waals surface area contributed by atoms with E-state index in [4.69, 9.17) is 4.74 Å². The average Bonchev–Trinajstić information content (AvgIpc) is 3.23. The van der Waals surface area contributed by atoms with Crippen LogP contribution < -0.4 is 4.74 Å². The molecule has 0 radical (unpaired) electrons. The Hall–Kier alpha value is -1.20. The van der Waals surface area contributed by atoms with E-state index in [1.165, 1.54) is 44.5 Å². The fraction of sp³-hybridized carbons (Fsp3) is 0.632. The summed E-state index contributed by atoms with van der Waals surface area (Å²) in [5, 5.41) is 0.167. The largest absolute Gasteiger partial charge is 0.494 e. The van der Waals surface area contributed by atoms with Gasteiger partial charge in [0.25, 0.3) is 0 Å². The highest BCUT2D eigenvalue weighted by molar-refractivity contribution is 8.00. The summed E-state index contributed by atoms with van der Waals surface area (Å²) in [6.07, 6.45) is 4.98. The monoisotopic (exact) mass is 348 g/mol. The number of carbonyl (C=O) groups is 1. The number of nitrogens with zero attached hydrogens (tertiary/aromatic N) is 2. The smallest absolute Gasteiger partial charge is 0.233 e. The average molecular weight is 349 g/mol. The lowest BCUT2D eigenvalue weighted by Crippen LogP contribution is -2.30. The summed E-state index contributed by atoms with van der Waals surface area (Å²) in [6.45, 7) is 7.24. The van der Waals surface area contributed by atoms with E-state index in [1.807, 2.05) is 19.1 Å². The summed E-state index contributed by atoms with van der Waals surface area (Å²) >= 11 is 1.74. The molecule has 2 aliphatic rings. The minimum atomic E-state index is 0.167. The van der Waals surface area contributed by atoms with Crippen molar-refractivity contribution >= 4 is 17.7 Å². The maximum Gasteiger partial charge on any atom is 0.233 e. The zero-order chi connectivity index (χ0) is 16.8. The number of ether oxygens (including phenoxy) is 1. The van der Waals surface area contributed by atoms with Crippen molar-refractivity contribution in [2.24, 2.45) is 0 Å². The van der Waals surface area contributed by atoms with E-state index >= 15 is 0 Å². The van der Waals surface area contributed by atoms with Crippen molar-refractivity contribution in [2.45, 2.75) is 38.0 Å². The molecule has 1 amide bonds. The highest BCUT2D eigenvalue weighted by Crippen LogP contribution is 2.39. The second-order valence-electron chi connectivity index (χ2n) is 6.51. The topological polar surface area (TPSA) is 32.8 Å². The van der Waals surface area contributed by atoms with Gasteiger partial charge in [0.2, 0.25) is 5.91 Å². The summed E-state index contributed by atoms with van der Waals surface area (Å²) in [7, 11) is 0. The second-order valence-corrected chi connectivity index (χ2v) is 7.58. The molecule has 0 N–H and O–H groups in total. The van der Waals surface area contributed by atoms with E-state index in [2.05, 4.69) is 21.9 Å². The quantitative estimate of drug-likeness (QED) is 0.673. The first-order chi connectivity index (χ1) is 11.8. The van der Waals surface area contributed by atoms with Gasteiger partial charge in [0, 0.05) is 6.54 Å². The lowest BCUT2D eigenvalue weighted by Gasteiger charge is -2.25. The van der Waals surface area contributed by atoms with Crippen molar-refractivity contribution in [2.75, 3.05) is 38.5 Å². The van der Waals surface area contributed by atoms with Crippen molar-refractivity contribution in [3.63, 3.8) is 0 Å². The molecular formula is C19H28N2O2S. The van der Waals surface area contributed by atoms with Crippen LogP contribution in [0, 0.1) is 0 Å². The predicted molar refractivity (Wildman–Crippen MR) is 99.4 cm³/mol. The zero-order valence-electron chi connectivity index (χ0n) is 14.6. The molecule has 1 aromatic rings. The van der Waals surface area contributed by atoms with Gasteiger partial charge < -0.3 is 14.5 Å². The minimum absolute atomic E-state index is 0.167. The second kappa shape index (κ2) is 8.77. The van der Waals surface area contributed by atoms with Gasteiger partial charge in [-0.25, -0.2) is 0 Å². The van der Waals surface area contributed by atoms with Gasteiger partial charge in [-0.2, -0.15) is 0 Å². The van der Waals surface area contributed by atoms with Gasteiger partial charge in [-0.1, -0.05) is 12.1 Å². The number of hydrogen-bond donors (Lipinski definition) is 0. The van der Waals surface area contributed by atoms with Gasteiger partial charge >= 0.3 is 0 Å². The van der Waals surface area contributed by atoms with E-state index < -0.39 is 0 Å². The van der Waals surface area contributed by atoms with Crippen LogP contribution in [0.5, 0.6) is 5.75 Å². The number of unbranched alkanes of at least 4 members (excludes halogenated alkanes) is 1. The molecule has 2 heterocycles. The molecule has 1 atom stereocenters. The van der Waals surface area contributed by atoms with E-state index in [9.17, 15) is 4.79 Å². The molecule has 1 unspecified atom stereocenters. The van der Waals surface area contributed by atoms with Crippen LogP contribution in [0.15, 0.2) is 24.3 Å². The molecule has 0 spiro atoms. The van der Waals surface area contributed by atoms with Crippen LogP contribution in [0.3, 0.4) is 0 Å². The standard InChI is InChI=1S/C19H28N2O2S/c1-2-23-17-9-7-16(8-10-17)19-21(18(22)15-24-19)14-6-5-13-20-11-3-4-12-20/h7-10,19H,2-6,11-15H2,1H3. The number of amides is 1. The highest BCUT2D eigenvalue weighted by Gasteiger charge is 2.32. The van der Waals surface area contributed by atoms with E-state index in [1.54, 1.807) is 11.8 Å². The minimum Gasteiger partial charge on any atom is -0.494 e. The van der Waals surface area contributed by atoms with Crippen LogP contribution in [-0.4, -0.2) is 54.2 Å². The third-order valence-electron chi connectivity index (χ3n) is 4.77. The highest BCUT2D eigenvalue weighted by atomic mass is 32.2. The Labute approximate surface area is 149 Å². The van der Waals surface area contributed by atoms with Gasteiger partial charge in [0.1, 0.15) is 11.1 Å². The molecule has 24 heavy (non-hydrogen) atoms. The lowest BCUT2D eigenvalue weighted by molar-refractivity contribution is -0.128. The Kier molecular flexibility index (Phi) is 6.44. The van der Waals surface area contributed by atoms with Crippen LogP contribution in [0.4, 0.5) is 0 Å². The maximum absolute atomic E-state index is 12.2. The van der Waals surface area contributed by atoms with Gasteiger partial charge in [0.15, 0.2) is 0 Å². The molecule has 3 rings (SSSR count). The third-order valence-corrected chi connectivity index (χ3v) is 6.02.